The van der Waals surface area contributed by atoms with Crippen LogP contribution >= 0.6 is 12.2 Å². The van der Waals surface area contributed by atoms with Crippen LogP contribution in [0.5, 0.6) is 0 Å². The van der Waals surface area contributed by atoms with E-state index >= 15 is 0 Å². The highest BCUT2D eigenvalue weighted by atomic mass is 32.1. The minimum absolute atomic E-state index is 0.0668. The summed E-state index contributed by atoms with van der Waals surface area (Å²) in [5, 5.41) is 14.1. The number of Topliss-reactive ketones (excluding diaryl/α,β-unsaturated/α-hetero) is 1. The maximum absolute atomic E-state index is 13.0. The zero-order valence-corrected chi connectivity index (χ0v) is 17.6. The molecule has 0 heterocycles. The lowest BCUT2D eigenvalue weighted by Crippen LogP contribution is -2.12. The van der Waals surface area contributed by atoms with Gasteiger partial charge >= 0.3 is 0 Å². The number of hydrogen-bond donors (Lipinski definition) is 2. The van der Waals surface area contributed by atoms with Crippen molar-refractivity contribution in [2.75, 3.05) is 5.32 Å². The number of aliphatic imine (C=N–C) groups is 1. The van der Waals surface area contributed by atoms with Crippen LogP contribution < -0.4 is 5.32 Å². The van der Waals surface area contributed by atoms with Crippen LogP contribution in [0.25, 0.3) is 5.76 Å². The smallest absolute Gasteiger partial charge is 0.198 e. The Kier molecular flexibility index (Phi) is 6.88. The number of thiocarbonyl (C=S) groups is 1. The molecule has 2 N–H and O–H groups in total. The van der Waals surface area contributed by atoms with Crippen LogP contribution in [0.4, 0.5) is 5.69 Å². The highest BCUT2D eigenvalue weighted by Gasteiger charge is 2.17. The van der Waals surface area contributed by atoms with Crippen molar-refractivity contribution in [1.82, 2.24) is 0 Å². The third-order valence-corrected chi connectivity index (χ3v) is 4.72. The first-order valence-electron chi connectivity index (χ1n) is 9.46. The Bertz CT molecular complexity index is 1120. The van der Waals surface area contributed by atoms with E-state index in [1.54, 1.807) is 48.5 Å². The van der Waals surface area contributed by atoms with Gasteiger partial charge in [0.2, 0.25) is 0 Å². The van der Waals surface area contributed by atoms with Crippen molar-refractivity contribution in [3.63, 3.8) is 0 Å². The van der Waals surface area contributed by atoms with E-state index in [0.717, 1.165) is 16.8 Å². The number of hydrogen-bond acceptors (Lipinski definition) is 3. The first-order valence-corrected chi connectivity index (χ1v) is 9.87. The average molecular weight is 415 g/mol. The number of carbonyl (C=O) groups is 1. The molecule has 0 saturated carbocycles. The normalized spacial score (nSPS) is 11.8. The van der Waals surface area contributed by atoms with Gasteiger partial charge < -0.3 is 10.4 Å². The number of nitrogens with one attached hydrogen (secondary N) is 1. The fourth-order valence-corrected chi connectivity index (χ4v) is 3.11. The molecule has 0 aliphatic heterocycles. The molecule has 0 spiro atoms. The lowest BCUT2D eigenvalue weighted by Gasteiger charge is -2.09. The van der Waals surface area contributed by atoms with Crippen molar-refractivity contribution in [3.05, 3.63) is 107 Å². The Morgan fingerprint density at radius 3 is 2.13 bits per heavy atom. The molecule has 0 radical (unpaired) electrons. The quantitative estimate of drug-likeness (QED) is 0.179. The predicted molar refractivity (Wildman–Crippen MR) is 127 cm³/mol. The molecular weight excluding hydrogens is 392 g/mol. The number of carbonyl (C=O) groups excluding carboxylic acids is 1. The summed E-state index contributed by atoms with van der Waals surface area (Å²) in [6.45, 7) is 4.00. The van der Waals surface area contributed by atoms with Gasteiger partial charge in [-0.3, -0.25) is 4.79 Å². The Morgan fingerprint density at radius 1 is 0.933 bits per heavy atom. The first-order chi connectivity index (χ1) is 14.5. The Labute approximate surface area is 181 Å². The van der Waals surface area contributed by atoms with E-state index in [1.165, 1.54) is 6.21 Å². The summed E-state index contributed by atoms with van der Waals surface area (Å²) < 4.78 is 0. The molecule has 0 atom stereocenters. The number of nitrogens with zero attached hydrogens (tertiary/aromatic N) is 1. The number of anilines is 1. The SMILES string of the molecule is Cc1ccc(NC(=S)N=CC(C(=O)c2ccccc2)=C(O)c2ccccc2)c(C)c1. The number of benzene rings is 3. The molecule has 150 valence electrons. The standard InChI is InChI=1S/C25H22N2O2S/c1-17-13-14-22(18(2)15-17)27-25(30)26-16-21(23(28)19-9-5-3-6-10-19)24(29)20-11-7-4-8-12-20/h3-16,28H,1-2H3,(H,27,30). The van der Waals surface area contributed by atoms with Crippen molar-refractivity contribution in [1.29, 1.82) is 0 Å². The number of aliphatic hydroxyl groups is 1. The van der Waals surface area contributed by atoms with Gasteiger partial charge in [-0.25, -0.2) is 4.99 Å². The van der Waals surface area contributed by atoms with Crippen LogP contribution in [0, 0.1) is 13.8 Å². The number of aliphatic hydroxyl groups excluding tert-OH is 1. The van der Waals surface area contributed by atoms with Crippen molar-refractivity contribution < 1.29 is 9.90 Å². The van der Waals surface area contributed by atoms with Gasteiger partial charge in [-0.05, 0) is 37.7 Å². The second kappa shape index (κ2) is 9.76. The maximum atomic E-state index is 13.0. The van der Waals surface area contributed by atoms with Gasteiger partial charge in [-0.2, -0.15) is 0 Å². The summed E-state index contributed by atoms with van der Waals surface area (Å²) in [6.07, 6.45) is 1.32. The summed E-state index contributed by atoms with van der Waals surface area (Å²) in [5.74, 6) is -0.488. The molecule has 3 rings (SSSR count). The molecule has 0 bridgehead atoms. The average Bonchev–Trinajstić information content (AvgIpc) is 2.76. The molecule has 4 nitrogen and oxygen atoms in total. The maximum Gasteiger partial charge on any atom is 0.198 e. The summed E-state index contributed by atoms with van der Waals surface area (Å²) in [6, 6.07) is 23.6. The number of rotatable bonds is 5. The molecule has 3 aromatic rings. The van der Waals surface area contributed by atoms with Crippen molar-refractivity contribution in [3.8, 4) is 0 Å². The van der Waals surface area contributed by atoms with Crippen LogP contribution in [-0.4, -0.2) is 22.2 Å². The molecule has 0 aliphatic carbocycles. The largest absolute Gasteiger partial charge is 0.506 e. The third-order valence-electron chi connectivity index (χ3n) is 4.52. The van der Waals surface area contributed by atoms with Crippen molar-refractivity contribution in [2.45, 2.75) is 13.8 Å². The number of allylic oxidation sites excluding steroid dienone is 1. The van der Waals surface area contributed by atoms with Gasteiger partial charge in [-0.1, -0.05) is 78.4 Å². The Morgan fingerprint density at radius 2 is 1.53 bits per heavy atom. The summed E-state index contributed by atoms with van der Waals surface area (Å²) in [5.41, 5.74) is 4.08. The predicted octanol–water partition coefficient (Wildman–Crippen LogP) is 5.92. The summed E-state index contributed by atoms with van der Waals surface area (Å²) in [7, 11) is 0. The zero-order valence-electron chi connectivity index (χ0n) is 16.8. The van der Waals surface area contributed by atoms with Gasteiger partial charge in [0.1, 0.15) is 5.76 Å². The minimum atomic E-state index is -0.338. The highest BCUT2D eigenvalue weighted by Crippen LogP contribution is 2.19. The molecule has 0 fully saturated rings. The van der Waals surface area contributed by atoms with Gasteiger partial charge in [-0.15, -0.1) is 0 Å². The van der Waals surface area contributed by atoms with E-state index in [-0.39, 0.29) is 22.2 Å². The number of ketones is 1. The second-order valence-electron chi connectivity index (χ2n) is 6.83. The third kappa shape index (κ3) is 5.27. The zero-order chi connectivity index (χ0) is 21.5. The fraction of sp³-hybridized carbons (Fsp3) is 0.0800. The summed E-state index contributed by atoms with van der Waals surface area (Å²) in [4.78, 5) is 17.3. The van der Waals surface area contributed by atoms with Crippen LogP contribution in [0.2, 0.25) is 0 Å². The van der Waals surface area contributed by atoms with E-state index in [0.29, 0.717) is 11.1 Å². The highest BCUT2D eigenvalue weighted by molar-refractivity contribution is 7.80. The molecule has 0 saturated heterocycles. The van der Waals surface area contributed by atoms with Crippen molar-refractivity contribution >= 4 is 40.8 Å². The summed E-state index contributed by atoms with van der Waals surface area (Å²) >= 11 is 5.33. The molecular formula is C25H22N2O2S. The Hall–Kier alpha value is -3.57. The monoisotopic (exact) mass is 414 g/mol. The molecule has 5 heteroatoms. The second-order valence-corrected chi connectivity index (χ2v) is 7.22. The van der Waals surface area contributed by atoms with E-state index in [1.807, 2.05) is 44.2 Å². The van der Waals surface area contributed by atoms with Crippen LogP contribution in [0.1, 0.15) is 27.0 Å². The van der Waals surface area contributed by atoms with Crippen LogP contribution in [0.15, 0.2) is 89.4 Å². The fourth-order valence-electron chi connectivity index (χ4n) is 2.95. The minimum Gasteiger partial charge on any atom is -0.506 e. The van der Waals surface area contributed by atoms with Gasteiger partial charge in [0.05, 0.1) is 5.57 Å². The van der Waals surface area contributed by atoms with Crippen LogP contribution in [0.3, 0.4) is 0 Å². The molecule has 0 aliphatic rings. The lowest BCUT2D eigenvalue weighted by atomic mass is 10.0. The van der Waals surface area contributed by atoms with Gasteiger partial charge in [0.25, 0.3) is 0 Å². The topological polar surface area (TPSA) is 61.7 Å². The van der Waals surface area contributed by atoms with E-state index in [4.69, 9.17) is 12.2 Å². The molecule has 0 aromatic heterocycles. The van der Waals surface area contributed by atoms with E-state index in [9.17, 15) is 9.90 Å². The van der Waals surface area contributed by atoms with E-state index < -0.39 is 0 Å². The first kappa shape index (κ1) is 21.1. The van der Waals surface area contributed by atoms with Crippen molar-refractivity contribution in [2.24, 2.45) is 4.99 Å². The molecule has 3 aromatic carbocycles. The van der Waals surface area contributed by atoms with Gasteiger partial charge in [0, 0.05) is 23.0 Å². The molecule has 0 unspecified atom stereocenters. The Balaban J connectivity index is 1.92. The molecule has 0 amide bonds. The van der Waals surface area contributed by atoms with E-state index in [2.05, 4.69) is 10.3 Å². The number of aryl methyl sites for hydroxylation is 2. The van der Waals surface area contributed by atoms with Gasteiger partial charge in [0.15, 0.2) is 10.9 Å². The van der Waals surface area contributed by atoms with Crippen LogP contribution in [-0.2, 0) is 0 Å². The molecule has 30 heavy (non-hydrogen) atoms. The lowest BCUT2D eigenvalue weighted by molar-refractivity contribution is 0.104.